The number of nitrogens with zero attached hydrogens (tertiary/aromatic N) is 3. The molecule has 2 rings (SSSR count). The van der Waals surface area contributed by atoms with Crippen LogP contribution in [0.3, 0.4) is 0 Å². The summed E-state index contributed by atoms with van der Waals surface area (Å²) in [6.45, 7) is 2.01. The van der Waals surface area contributed by atoms with Gasteiger partial charge in [0.25, 0.3) is 0 Å². The molecule has 0 saturated heterocycles. The van der Waals surface area contributed by atoms with Gasteiger partial charge in [0.05, 0.1) is 17.4 Å². The van der Waals surface area contributed by atoms with E-state index < -0.39 is 0 Å². The van der Waals surface area contributed by atoms with Gasteiger partial charge in [-0.3, -0.25) is 0 Å². The van der Waals surface area contributed by atoms with Crippen molar-refractivity contribution in [2.45, 2.75) is 6.92 Å². The van der Waals surface area contributed by atoms with Gasteiger partial charge >= 0.3 is 0 Å². The van der Waals surface area contributed by atoms with E-state index in [0.29, 0.717) is 11.4 Å². The second-order valence-corrected chi connectivity index (χ2v) is 4.37. The summed E-state index contributed by atoms with van der Waals surface area (Å²) in [7, 11) is 0. The second kappa shape index (κ2) is 4.93. The summed E-state index contributed by atoms with van der Waals surface area (Å²) in [6.07, 6.45) is 1.49. The zero-order chi connectivity index (χ0) is 12.3. The number of nitriles is 1. The van der Waals surface area contributed by atoms with Crippen LogP contribution in [0.4, 0.5) is 11.5 Å². The van der Waals surface area contributed by atoms with E-state index in [2.05, 4.69) is 37.5 Å². The van der Waals surface area contributed by atoms with E-state index in [0.717, 1.165) is 15.7 Å². The third-order valence-corrected chi connectivity index (χ3v) is 2.87. The Morgan fingerprint density at radius 3 is 2.88 bits per heavy atom. The van der Waals surface area contributed by atoms with Crippen molar-refractivity contribution in [3.63, 3.8) is 0 Å². The summed E-state index contributed by atoms with van der Waals surface area (Å²) < 4.78 is 0.923. The molecule has 0 unspecified atom stereocenters. The molecule has 0 amide bonds. The van der Waals surface area contributed by atoms with Crippen LogP contribution in [-0.2, 0) is 0 Å². The molecule has 0 radical (unpaired) electrons. The number of anilines is 2. The van der Waals surface area contributed by atoms with E-state index in [1.807, 2.05) is 25.1 Å². The van der Waals surface area contributed by atoms with Gasteiger partial charge in [-0.2, -0.15) is 10.4 Å². The molecule has 0 saturated carbocycles. The molecule has 84 valence electrons. The summed E-state index contributed by atoms with van der Waals surface area (Å²) in [5.74, 6) is 0.458. The summed E-state index contributed by atoms with van der Waals surface area (Å²) in [5, 5.41) is 19.7. The van der Waals surface area contributed by atoms with Crippen molar-refractivity contribution in [1.29, 1.82) is 5.26 Å². The minimum Gasteiger partial charge on any atom is -0.337 e. The van der Waals surface area contributed by atoms with E-state index in [9.17, 15) is 0 Å². The SMILES string of the molecule is Cc1ccc(Nc2nnccc2C#N)c(Br)c1. The van der Waals surface area contributed by atoms with Crippen LogP contribution < -0.4 is 5.32 Å². The Hall–Kier alpha value is -1.93. The summed E-state index contributed by atoms with van der Waals surface area (Å²) in [4.78, 5) is 0. The van der Waals surface area contributed by atoms with Gasteiger partial charge in [0.15, 0.2) is 5.82 Å². The Labute approximate surface area is 107 Å². The molecular weight excluding hydrogens is 280 g/mol. The van der Waals surface area contributed by atoms with Gasteiger partial charge in [-0.05, 0) is 46.6 Å². The van der Waals surface area contributed by atoms with Gasteiger partial charge in [-0.25, -0.2) is 0 Å². The first-order valence-electron chi connectivity index (χ1n) is 4.95. The summed E-state index contributed by atoms with van der Waals surface area (Å²) in [5.41, 5.74) is 2.47. The first-order valence-corrected chi connectivity index (χ1v) is 5.75. The van der Waals surface area contributed by atoms with Crippen molar-refractivity contribution >= 4 is 27.4 Å². The number of benzene rings is 1. The Kier molecular flexibility index (Phi) is 3.35. The average molecular weight is 289 g/mol. The van der Waals surface area contributed by atoms with E-state index in [1.165, 1.54) is 6.20 Å². The maximum atomic E-state index is 8.94. The average Bonchev–Trinajstić information content (AvgIpc) is 2.33. The van der Waals surface area contributed by atoms with Crippen molar-refractivity contribution in [1.82, 2.24) is 10.2 Å². The number of hydrogen-bond donors (Lipinski definition) is 1. The van der Waals surface area contributed by atoms with Gasteiger partial charge in [0.1, 0.15) is 6.07 Å². The fourth-order valence-electron chi connectivity index (χ4n) is 1.36. The van der Waals surface area contributed by atoms with Gasteiger partial charge in [0, 0.05) is 4.47 Å². The Morgan fingerprint density at radius 2 is 2.18 bits per heavy atom. The first kappa shape index (κ1) is 11.6. The number of hydrogen-bond acceptors (Lipinski definition) is 4. The fraction of sp³-hybridized carbons (Fsp3) is 0.0833. The molecule has 0 atom stereocenters. The fourth-order valence-corrected chi connectivity index (χ4v) is 1.96. The van der Waals surface area contributed by atoms with Gasteiger partial charge in [-0.1, -0.05) is 6.07 Å². The predicted molar refractivity (Wildman–Crippen MR) is 68.9 cm³/mol. The van der Waals surface area contributed by atoms with E-state index in [4.69, 9.17) is 5.26 Å². The Bertz CT molecular complexity index is 589. The highest BCUT2D eigenvalue weighted by atomic mass is 79.9. The monoisotopic (exact) mass is 288 g/mol. The van der Waals surface area contributed by atoms with Crippen LogP contribution in [0.25, 0.3) is 0 Å². The highest BCUT2D eigenvalue weighted by Crippen LogP contribution is 2.26. The first-order chi connectivity index (χ1) is 8.20. The van der Waals surface area contributed by atoms with Crippen molar-refractivity contribution in [2.75, 3.05) is 5.32 Å². The molecule has 0 aliphatic carbocycles. The zero-order valence-corrected chi connectivity index (χ0v) is 10.7. The van der Waals surface area contributed by atoms with Crippen molar-refractivity contribution < 1.29 is 0 Å². The summed E-state index contributed by atoms with van der Waals surface area (Å²) >= 11 is 3.46. The van der Waals surface area contributed by atoms with Crippen LogP contribution >= 0.6 is 15.9 Å². The minimum atomic E-state index is 0.458. The quantitative estimate of drug-likeness (QED) is 0.922. The van der Waals surface area contributed by atoms with Gasteiger partial charge < -0.3 is 5.32 Å². The molecule has 1 aromatic carbocycles. The van der Waals surface area contributed by atoms with Crippen LogP contribution in [0.5, 0.6) is 0 Å². The lowest BCUT2D eigenvalue weighted by atomic mass is 10.2. The molecule has 0 bridgehead atoms. The summed E-state index contributed by atoms with van der Waals surface area (Å²) in [6, 6.07) is 9.59. The number of aromatic nitrogens is 2. The van der Waals surface area contributed by atoms with Crippen LogP contribution in [0.1, 0.15) is 11.1 Å². The van der Waals surface area contributed by atoms with E-state index in [-0.39, 0.29) is 0 Å². The Balaban J connectivity index is 2.35. The number of halogens is 1. The van der Waals surface area contributed by atoms with Crippen LogP contribution in [0.2, 0.25) is 0 Å². The van der Waals surface area contributed by atoms with Crippen molar-refractivity contribution in [2.24, 2.45) is 0 Å². The molecule has 17 heavy (non-hydrogen) atoms. The number of nitrogens with one attached hydrogen (secondary N) is 1. The maximum absolute atomic E-state index is 8.94. The topological polar surface area (TPSA) is 61.6 Å². The number of aryl methyl sites for hydroxylation is 1. The highest BCUT2D eigenvalue weighted by molar-refractivity contribution is 9.10. The molecule has 0 aliphatic heterocycles. The van der Waals surface area contributed by atoms with E-state index >= 15 is 0 Å². The normalized spacial score (nSPS) is 9.71. The molecular formula is C12H9BrN4. The maximum Gasteiger partial charge on any atom is 0.171 e. The molecule has 0 fully saturated rings. The molecule has 2 aromatic rings. The van der Waals surface area contributed by atoms with Crippen LogP contribution in [0, 0.1) is 18.3 Å². The molecule has 1 heterocycles. The van der Waals surface area contributed by atoms with Gasteiger partial charge in [-0.15, -0.1) is 5.10 Å². The lowest BCUT2D eigenvalue weighted by molar-refractivity contribution is 1.03. The lowest BCUT2D eigenvalue weighted by Gasteiger charge is -2.08. The molecule has 0 spiro atoms. The molecule has 1 N–H and O–H groups in total. The molecule has 0 aliphatic rings. The predicted octanol–water partition coefficient (Wildman–Crippen LogP) is 3.16. The second-order valence-electron chi connectivity index (χ2n) is 3.51. The minimum absolute atomic E-state index is 0.458. The number of rotatable bonds is 2. The van der Waals surface area contributed by atoms with Crippen LogP contribution in [-0.4, -0.2) is 10.2 Å². The standard InChI is InChI=1S/C12H9BrN4/c1-8-2-3-11(10(13)6-8)16-12-9(7-14)4-5-15-17-12/h2-6H,1H3,(H,16,17). The zero-order valence-electron chi connectivity index (χ0n) is 9.11. The van der Waals surface area contributed by atoms with Crippen LogP contribution in [0.15, 0.2) is 34.9 Å². The molecule has 5 heteroatoms. The van der Waals surface area contributed by atoms with E-state index in [1.54, 1.807) is 6.07 Å². The largest absolute Gasteiger partial charge is 0.337 e. The third kappa shape index (κ3) is 2.60. The van der Waals surface area contributed by atoms with Crippen molar-refractivity contribution in [3.8, 4) is 6.07 Å². The third-order valence-electron chi connectivity index (χ3n) is 2.22. The Morgan fingerprint density at radius 1 is 1.35 bits per heavy atom. The lowest BCUT2D eigenvalue weighted by Crippen LogP contribution is -1.99. The van der Waals surface area contributed by atoms with Gasteiger partial charge in [0.2, 0.25) is 0 Å². The smallest absolute Gasteiger partial charge is 0.171 e. The molecule has 4 nitrogen and oxygen atoms in total. The highest BCUT2D eigenvalue weighted by Gasteiger charge is 2.06. The molecule has 1 aromatic heterocycles. The van der Waals surface area contributed by atoms with Crippen molar-refractivity contribution in [3.05, 3.63) is 46.1 Å².